The molecule has 3 N–H and O–H groups in total. The largest absolute Gasteiger partial charge is 0.454 e. The number of carbonyl (C=O) groups excluding carboxylic acids is 2. The van der Waals surface area contributed by atoms with Crippen molar-refractivity contribution in [3.8, 4) is 11.5 Å². The first-order valence-electron chi connectivity index (χ1n) is 10.9. The summed E-state index contributed by atoms with van der Waals surface area (Å²) in [6.45, 7) is 3.03. The number of hydrogen-bond acceptors (Lipinski definition) is 7. The summed E-state index contributed by atoms with van der Waals surface area (Å²) in [6.07, 6.45) is 4.00. The highest BCUT2D eigenvalue weighted by Crippen LogP contribution is 2.36. The van der Waals surface area contributed by atoms with Crippen LogP contribution in [0.3, 0.4) is 0 Å². The Bertz CT molecular complexity index is 1130. The Morgan fingerprint density at radius 3 is 2.94 bits per heavy atom. The topological polar surface area (TPSA) is 126 Å². The summed E-state index contributed by atoms with van der Waals surface area (Å²) in [7, 11) is 0. The van der Waals surface area contributed by atoms with Crippen molar-refractivity contribution in [1.29, 1.82) is 0 Å². The second kappa shape index (κ2) is 8.18. The van der Waals surface area contributed by atoms with Crippen molar-refractivity contribution >= 4 is 29.3 Å². The number of carbonyl (C=O) groups is 2. The van der Waals surface area contributed by atoms with E-state index in [0.717, 1.165) is 32.2 Å². The average molecular weight is 439 g/mol. The van der Waals surface area contributed by atoms with Crippen molar-refractivity contribution in [1.82, 2.24) is 9.97 Å². The lowest BCUT2D eigenvalue weighted by Gasteiger charge is -2.36. The fourth-order valence-electron chi connectivity index (χ4n) is 4.63. The molecule has 32 heavy (non-hydrogen) atoms. The molecule has 3 aliphatic rings. The van der Waals surface area contributed by atoms with Gasteiger partial charge in [0, 0.05) is 30.8 Å². The van der Waals surface area contributed by atoms with E-state index in [9.17, 15) is 14.4 Å². The molecule has 1 fully saturated rings. The molecule has 10 heteroatoms. The van der Waals surface area contributed by atoms with E-state index in [1.807, 2.05) is 0 Å². The normalized spacial score (nSPS) is 21.7. The number of H-pyrrole nitrogens is 1. The lowest BCUT2D eigenvalue weighted by atomic mass is 9.92. The summed E-state index contributed by atoms with van der Waals surface area (Å²) in [4.78, 5) is 48.0. The fourth-order valence-corrected chi connectivity index (χ4v) is 4.63. The first kappa shape index (κ1) is 20.3. The van der Waals surface area contributed by atoms with Gasteiger partial charge in [0.05, 0.1) is 11.5 Å². The van der Waals surface area contributed by atoms with E-state index >= 15 is 0 Å². The number of benzene rings is 1. The molecule has 0 bridgehead atoms. The van der Waals surface area contributed by atoms with Gasteiger partial charge in [0.2, 0.25) is 24.6 Å². The smallest absolute Gasteiger partial charge is 0.258 e. The first-order valence-corrected chi connectivity index (χ1v) is 10.9. The van der Waals surface area contributed by atoms with Gasteiger partial charge >= 0.3 is 0 Å². The van der Waals surface area contributed by atoms with E-state index in [0.29, 0.717) is 23.1 Å². The molecule has 1 aromatic heterocycles. The van der Waals surface area contributed by atoms with Gasteiger partial charge in [0.1, 0.15) is 5.82 Å². The maximum atomic E-state index is 13.1. The molecule has 0 saturated carbocycles. The van der Waals surface area contributed by atoms with Crippen molar-refractivity contribution in [2.75, 3.05) is 28.9 Å². The molecule has 5 rings (SSSR count). The van der Waals surface area contributed by atoms with Gasteiger partial charge in [0.25, 0.3) is 5.56 Å². The lowest BCUT2D eigenvalue weighted by Crippen LogP contribution is -2.43. The Hall–Kier alpha value is -3.56. The van der Waals surface area contributed by atoms with Crippen LogP contribution in [0.4, 0.5) is 17.5 Å². The first-order chi connectivity index (χ1) is 15.5. The lowest BCUT2D eigenvalue weighted by molar-refractivity contribution is -0.123. The minimum atomic E-state index is -0.946. The third-order valence-corrected chi connectivity index (χ3v) is 6.27. The van der Waals surface area contributed by atoms with Crippen LogP contribution >= 0.6 is 0 Å². The zero-order chi connectivity index (χ0) is 22.2. The molecule has 168 valence electrons. The van der Waals surface area contributed by atoms with E-state index < -0.39 is 17.4 Å². The minimum Gasteiger partial charge on any atom is -0.454 e. The van der Waals surface area contributed by atoms with Gasteiger partial charge in [-0.3, -0.25) is 19.4 Å². The zero-order valence-electron chi connectivity index (χ0n) is 17.8. The predicted molar refractivity (Wildman–Crippen MR) is 117 cm³/mol. The summed E-state index contributed by atoms with van der Waals surface area (Å²) in [6, 6.07) is 5.32. The van der Waals surface area contributed by atoms with E-state index in [4.69, 9.17) is 9.47 Å². The van der Waals surface area contributed by atoms with Crippen LogP contribution < -0.4 is 30.6 Å². The number of piperidine rings is 1. The number of fused-ring (bicyclic) bond motifs is 2. The molecular formula is C22H25N5O5. The monoisotopic (exact) mass is 439 g/mol. The van der Waals surface area contributed by atoms with Crippen molar-refractivity contribution < 1.29 is 19.1 Å². The van der Waals surface area contributed by atoms with E-state index in [1.165, 1.54) is 0 Å². The summed E-state index contributed by atoms with van der Waals surface area (Å²) in [5.41, 5.74) is 0.264. The molecule has 10 nitrogen and oxygen atoms in total. The van der Waals surface area contributed by atoms with E-state index in [2.05, 4.69) is 32.4 Å². The molecule has 0 radical (unpaired) electrons. The quantitative estimate of drug-likeness (QED) is 0.668. The van der Waals surface area contributed by atoms with Crippen LogP contribution in [0.15, 0.2) is 23.0 Å². The van der Waals surface area contributed by atoms with E-state index in [-0.39, 0.29) is 36.5 Å². The number of amides is 2. The van der Waals surface area contributed by atoms with E-state index in [1.54, 1.807) is 18.2 Å². The maximum absolute atomic E-state index is 13.1. The molecule has 2 amide bonds. The maximum Gasteiger partial charge on any atom is 0.258 e. The highest BCUT2D eigenvalue weighted by Gasteiger charge is 2.36. The third kappa shape index (κ3) is 3.65. The SMILES string of the molecule is CC[C@H]1CCCCN1c1nc2c(c(=O)[nH]1)[C@H](C(=O)Nc1ccc3c(c1)OCO3)CC(=O)N2. The number of rotatable bonds is 4. The Balaban J connectivity index is 1.44. The Labute approximate surface area is 184 Å². The number of aromatic nitrogens is 2. The summed E-state index contributed by atoms with van der Waals surface area (Å²) in [5.74, 6) is -0.0219. The predicted octanol–water partition coefficient (Wildman–Crippen LogP) is 2.33. The second-order valence-electron chi connectivity index (χ2n) is 8.27. The van der Waals surface area contributed by atoms with Crippen LogP contribution in [0.1, 0.15) is 50.5 Å². The van der Waals surface area contributed by atoms with Crippen LogP contribution in [0.5, 0.6) is 11.5 Å². The van der Waals surface area contributed by atoms with Crippen LogP contribution in [-0.2, 0) is 9.59 Å². The number of aromatic amines is 1. The van der Waals surface area contributed by atoms with Crippen LogP contribution in [-0.4, -0.2) is 41.2 Å². The van der Waals surface area contributed by atoms with Crippen molar-refractivity contribution in [3.05, 3.63) is 34.1 Å². The summed E-state index contributed by atoms with van der Waals surface area (Å²) >= 11 is 0. The molecule has 1 aromatic carbocycles. The van der Waals surface area contributed by atoms with Gasteiger partial charge in [-0.1, -0.05) is 6.92 Å². The molecule has 0 unspecified atom stereocenters. The number of ether oxygens (including phenoxy) is 2. The van der Waals surface area contributed by atoms with Gasteiger partial charge in [-0.2, -0.15) is 4.98 Å². The zero-order valence-corrected chi connectivity index (χ0v) is 17.8. The molecular weight excluding hydrogens is 414 g/mol. The Kier molecular flexibility index (Phi) is 5.20. The van der Waals surface area contributed by atoms with Crippen LogP contribution in [0.25, 0.3) is 0 Å². The van der Waals surface area contributed by atoms with Crippen molar-refractivity contribution in [2.24, 2.45) is 0 Å². The van der Waals surface area contributed by atoms with Gasteiger partial charge in [-0.05, 0) is 37.8 Å². The third-order valence-electron chi connectivity index (χ3n) is 6.27. The highest BCUT2D eigenvalue weighted by molar-refractivity contribution is 6.04. The molecule has 4 heterocycles. The molecule has 2 aromatic rings. The van der Waals surface area contributed by atoms with Gasteiger partial charge < -0.3 is 25.0 Å². The van der Waals surface area contributed by atoms with Gasteiger partial charge in [-0.15, -0.1) is 0 Å². The number of nitrogens with one attached hydrogen (secondary N) is 3. The van der Waals surface area contributed by atoms with Crippen molar-refractivity contribution in [2.45, 2.75) is 51.0 Å². The summed E-state index contributed by atoms with van der Waals surface area (Å²) < 4.78 is 10.6. The molecule has 2 atom stereocenters. The average Bonchev–Trinajstić information content (AvgIpc) is 3.26. The molecule has 3 aliphatic heterocycles. The fraction of sp³-hybridized carbons (Fsp3) is 0.455. The molecule has 0 spiro atoms. The standard InChI is InChI=1S/C22H25N5O5/c1-2-13-5-3-4-8-27(13)22-25-19-18(21(30)26-22)14(10-17(28)24-19)20(29)23-12-6-7-15-16(9-12)32-11-31-15/h6-7,9,13-14H,2-5,8,10-11H2,1H3,(H,23,29)(H2,24,25,26,28,30)/t13-,14+/m0/s1. The Morgan fingerprint density at radius 2 is 2.09 bits per heavy atom. The van der Waals surface area contributed by atoms with Crippen LogP contribution in [0, 0.1) is 0 Å². The van der Waals surface area contributed by atoms with Gasteiger partial charge in [0.15, 0.2) is 11.5 Å². The minimum absolute atomic E-state index is 0.127. The van der Waals surface area contributed by atoms with Crippen molar-refractivity contribution in [3.63, 3.8) is 0 Å². The number of nitrogens with zero attached hydrogens (tertiary/aromatic N) is 2. The van der Waals surface area contributed by atoms with Crippen LogP contribution in [0.2, 0.25) is 0 Å². The molecule has 0 aliphatic carbocycles. The second-order valence-corrected chi connectivity index (χ2v) is 8.27. The number of anilines is 3. The molecule has 1 saturated heterocycles. The highest BCUT2D eigenvalue weighted by atomic mass is 16.7. The Morgan fingerprint density at radius 1 is 1.25 bits per heavy atom. The summed E-state index contributed by atoms with van der Waals surface area (Å²) in [5, 5.41) is 5.46. The van der Waals surface area contributed by atoms with Gasteiger partial charge in [-0.25, -0.2) is 0 Å². The number of hydrogen-bond donors (Lipinski definition) is 3.